The van der Waals surface area contributed by atoms with Crippen LogP contribution in [0, 0.1) is 11.6 Å². The lowest BCUT2D eigenvalue weighted by Gasteiger charge is -2.11. The second-order valence-corrected chi connectivity index (χ2v) is 5.16. The SMILES string of the molecule is O=C(O)c1cc(F)c(Nc2cc(Cl)ccc2Br)c(F)c1. The lowest BCUT2D eigenvalue weighted by molar-refractivity contribution is 0.0696. The van der Waals surface area contributed by atoms with E-state index in [-0.39, 0.29) is 0 Å². The fourth-order valence-corrected chi connectivity index (χ4v) is 2.06. The number of nitrogens with one attached hydrogen (secondary N) is 1. The van der Waals surface area contributed by atoms with Crippen molar-refractivity contribution in [3.8, 4) is 0 Å². The minimum absolute atomic E-state index is 0.360. The van der Waals surface area contributed by atoms with Gasteiger partial charge in [0.25, 0.3) is 0 Å². The zero-order valence-corrected chi connectivity index (χ0v) is 12.1. The molecule has 7 heteroatoms. The summed E-state index contributed by atoms with van der Waals surface area (Å²) in [5.74, 6) is -3.41. The van der Waals surface area contributed by atoms with Crippen molar-refractivity contribution in [3.05, 3.63) is 57.0 Å². The number of carboxylic acids is 1. The molecule has 104 valence electrons. The third-order valence-electron chi connectivity index (χ3n) is 2.48. The minimum Gasteiger partial charge on any atom is -0.478 e. The summed E-state index contributed by atoms with van der Waals surface area (Å²) in [6, 6.07) is 6.19. The van der Waals surface area contributed by atoms with Gasteiger partial charge in [-0.05, 0) is 46.3 Å². The molecule has 0 bridgehead atoms. The third-order valence-corrected chi connectivity index (χ3v) is 3.40. The minimum atomic E-state index is -1.40. The third kappa shape index (κ3) is 3.08. The predicted molar refractivity (Wildman–Crippen MR) is 75.8 cm³/mol. The van der Waals surface area contributed by atoms with Gasteiger partial charge in [-0.2, -0.15) is 0 Å². The Kier molecular flexibility index (Phi) is 4.25. The Bertz CT molecular complexity index is 671. The highest BCUT2D eigenvalue weighted by Gasteiger charge is 2.15. The number of carbonyl (C=O) groups is 1. The summed E-state index contributed by atoms with van der Waals surface area (Å²) in [5, 5.41) is 11.6. The van der Waals surface area contributed by atoms with Gasteiger partial charge in [0.05, 0.1) is 11.3 Å². The lowest BCUT2D eigenvalue weighted by atomic mass is 10.2. The Morgan fingerprint density at radius 2 is 1.80 bits per heavy atom. The van der Waals surface area contributed by atoms with E-state index < -0.39 is 28.9 Å². The number of hydrogen-bond donors (Lipinski definition) is 2. The summed E-state index contributed by atoms with van der Waals surface area (Å²) in [6.07, 6.45) is 0. The second-order valence-electron chi connectivity index (χ2n) is 3.87. The first-order valence-electron chi connectivity index (χ1n) is 5.33. The highest BCUT2D eigenvalue weighted by atomic mass is 79.9. The Morgan fingerprint density at radius 1 is 1.20 bits per heavy atom. The number of anilines is 2. The predicted octanol–water partition coefficient (Wildman–Crippen LogP) is 4.82. The van der Waals surface area contributed by atoms with E-state index in [1.807, 2.05) is 0 Å². The molecule has 0 saturated heterocycles. The van der Waals surface area contributed by atoms with Gasteiger partial charge < -0.3 is 10.4 Å². The first-order chi connectivity index (χ1) is 9.38. The molecule has 0 aromatic heterocycles. The van der Waals surface area contributed by atoms with Crippen LogP contribution in [0.1, 0.15) is 10.4 Å². The molecule has 0 radical (unpaired) electrons. The number of hydrogen-bond acceptors (Lipinski definition) is 2. The van der Waals surface area contributed by atoms with Gasteiger partial charge in [-0.25, -0.2) is 13.6 Å². The van der Waals surface area contributed by atoms with Crippen LogP contribution in [0.5, 0.6) is 0 Å². The Hall–Kier alpha value is -1.66. The largest absolute Gasteiger partial charge is 0.478 e. The van der Waals surface area contributed by atoms with Crippen molar-refractivity contribution in [2.24, 2.45) is 0 Å². The van der Waals surface area contributed by atoms with E-state index in [4.69, 9.17) is 16.7 Å². The van der Waals surface area contributed by atoms with Gasteiger partial charge in [-0.15, -0.1) is 0 Å². The maximum atomic E-state index is 13.8. The maximum Gasteiger partial charge on any atom is 0.335 e. The standard InChI is InChI=1S/C13H7BrClF2NO2/c14-8-2-1-7(15)5-11(8)18-12-9(16)3-6(13(19)20)4-10(12)17/h1-5,18H,(H,19,20). The lowest BCUT2D eigenvalue weighted by Crippen LogP contribution is -2.03. The number of aromatic carboxylic acids is 1. The molecule has 0 atom stereocenters. The molecule has 2 rings (SSSR count). The van der Waals surface area contributed by atoms with Gasteiger partial charge >= 0.3 is 5.97 Å². The van der Waals surface area contributed by atoms with E-state index in [1.165, 1.54) is 6.07 Å². The Morgan fingerprint density at radius 3 is 2.35 bits per heavy atom. The topological polar surface area (TPSA) is 49.3 Å². The summed E-state index contributed by atoms with van der Waals surface area (Å²) in [7, 11) is 0. The van der Waals surface area contributed by atoms with Gasteiger partial charge in [-0.1, -0.05) is 11.6 Å². The highest BCUT2D eigenvalue weighted by Crippen LogP contribution is 2.31. The molecule has 0 aliphatic heterocycles. The fraction of sp³-hybridized carbons (Fsp3) is 0. The van der Waals surface area contributed by atoms with Crippen molar-refractivity contribution in [3.63, 3.8) is 0 Å². The Balaban J connectivity index is 2.44. The van der Waals surface area contributed by atoms with Gasteiger partial charge in [0.2, 0.25) is 0 Å². The number of rotatable bonds is 3. The van der Waals surface area contributed by atoms with E-state index >= 15 is 0 Å². The molecule has 0 heterocycles. The van der Waals surface area contributed by atoms with E-state index in [0.717, 1.165) is 12.1 Å². The fourth-order valence-electron chi connectivity index (χ4n) is 1.54. The van der Waals surface area contributed by atoms with Crippen LogP contribution in [0.3, 0.4) is 0 Å². The maximum absolute atomic E-state index is 13.8. The molecule has 0 unspecified atom stereocenters. The van der Waals surface area contributed by atoms with Crippen LogP contribution >= 0.6 is 27.5 Å². The van der Waals surface area contributed by atoms with Crippen molar-refractivity contribution in [2.75, 3.05) is 5.32 Å². The van der Waals surface area contributed by atoms with Crippen LogP contribution in [0.15, 0.2) is 34.8 Å². The molecule has 20 heavy (non-hydrogen) atoms. The van der Waals surface area contributed by atoms with Gasteiger partial charge in [0.1, 0.15) is 5.69 Å². The molecule has 0 fully saturated rings. The monoisotopic (exact) mass is 361 g/mol. The summed E-state index contributed by atoms with van der Waals surface area (Å²) < 4.78 is 28.1. The highest BCUT2D eigenvalue weighted by molar-refractivity contribution is 9.10. The van der Waals surface area contributed by atoms with Crippen LogP contribution in [0.25, 0.3) is 0 Å². The van der Waals surface area contributed by atoms with Crippen LogP contribution in [0.4, 0.5) is 20.2 Å². The molecule has 2 N–H and O–H groups in total. The van der Waals surface area contributed by atoms with Gasteiger partial charge in [0.15, 0.2) is 11.6 Å². The molecule has 2 aromatic rings. The van der Waals surface area contributed by atoms with Gasteiger partial charge in [-0.3, -0.25) is 0 Å². The average molecular weight is 363 g/mol. The number of benzene rings is 2. The van der Waals surface area contributed by atoms with E-state index in [9.17, 15) is 13.6 Å². The summed E-state index contributed by atoms with van der Waals surface area (Å²) >= 11 is 9.02. The molecule has 3 nitrogen and oxygen atoms in total. The summed E-state index contributed by atoms with van der Waals surface area (Å²) in [4.78, 5) is 10.7. The first kappa shape index (κ1) is 14.7. The van der Waals surface area contributed by atoms with E-state index in [1.54, 1.807) is 12.1 Å². The molecule has 0 aliphatic carbocycles. The molecule has 0 spiro atoms. The molecule has 0 amide bonds. The van der Waals surface area contributed by atoms with Crippen LogP contribution < -0.4 is 5.32 Å². The number of carboxylic acid groups (broad SMARTS) is 1. The molecular weight excluding hydrogens is 356 g/mol. The van der Waals surface area contributed by atoms with Crippen LogP contribution in [-0.2, 0) is 0 Å². The van der Waals surface area contributed by atoms with Crippen molar-refractivity contribution < 1.29 is 18.7 Å². The van der Waals surface area contributed by atoms with Crippen LogP contribution in [0.2, 0.25) is 5.02 Å². The summed E-state index contributed by atoms with van der Waals surface area (Å²) in [6.45, 7) is 0. The molecular formula is C13H7BrClF2NO2. The van der Waals surface area contributed by atoms with Crippen molar-refractivity contribution in [2.45, 2.75) is 0 Å². The van der Waals surface area contributed by atoms with Crippen molar-refractivity contribution in [1.82, 2.24) is 0 Å². The zero-order valence-electron chi connectivity index (χ0n) is 9.75. The summed E-state index contributed by atoms with van der Waals surface area (Å²) in [5.41, 5.74) is -0.549. The first-order valence-corrected chi connectivity index (χ1v) is 6.50. The molecule has 0 saturated carbocycles. The second kappa shape index (κ2) is 5.76. The quantitative estimate of drug-likeness (QED) is 0.823. The molecule has 2 aromatic carbocycles. The normalized spacial score (nSPS) is 10.4. The molecule has 0 aliphatic rings. The van der Waals surface area contributed by atoms with E-state index in [0.29, 0.717) is 15.2 Å². The van der Waals surface area contributed by atoms with Gasteiger partial charge in [0, 0.05) is 9.50 Å². The van der Waals surface area contributed by atoms with Crippen molar-refractivity contribution >= 4 is 44.9 Å². The Labute approximate surface area is 126 Å². The average Bonchev–Trinajstić information content (AvgIpc) is 2.37. The van der Waals surface area contributed by atoms with Crippen molar-refractivity contribution in [1.29, 1.82) is 0 Å². The zero-order chi connectivity index (χ0) is 14.9. The van der Waals surface area contributed by atoms with E-state index in [2.05, 4.69) is 21.2 Å². The smallest absolute Gasteiger partial charge is 0.335 e. The van der Waals surface area contributed by atoms with Crippen LogP contribution in [-0.4, -0.2) is 11.1 Å². The number of halogens is 4.